The Labute approximate surface area is 199 Å². The third-order valence-corrected chi connectivity index (χ3v) is 8.50. The molecule has 10 nitrogen and oxygen atoms in total. The molecule has 0 saturated heterocycles. The van der Waals surface area contributed by atoms with Crippen molar-refractivity contribution in [1.82, 2.24) is 4.57 Å². The second-order valence-corrected chi connectivity index (χ2v) is 13.7. The van der Waals surface area contributed by atoms with Crippen molar-refractivity contribution in [2.75, 3.05) is 23.4 Å². The monoisotopic (exact) mass is 510 g/mol. The SMILES string of the molecule is COP1(=O)N=C(c2c(O)c(C(C)(C)C)n(CCC3CC3)c2O)Nc2ccc(NS(C)(=O)=O)cc21. The number of aromatic nitrogens is 1. The summed E-state index contributed by atoms with van der Waals surface area (Å²) in [4.78, 5) is 0. The van der Waals surface area contributed by atoms with Crippen LogP contribution in [0.2, 0.25) is 0 Å². The molecule has 2 heterocycles. The minimum absolute atomic E-state index is 0.0205. The van der Waals surface area contributed by atoms with E-state index >= 15 is 0 Å². The van der Waals surface area contributed by atoms with Crippen molar-refractivity contribution < 1.29 is 27.7 Å². The average molecular weight is 511 g/mol. The molecule has 1 saturated carbocycles. The van der Waals surface area contributed by atoms with Gasteiger partial charge in [0, 0.05) is 24.8 Å². The molecule has 1 atom stereocenters. The predicted octanol–water partition coefficient (Wildman–Crippen LogP) is 3.71. The Morgan fingerprint density at radius 1 is 1.29 bits per heavy atom. The summed E-state index contributed by atoms with van der Waals surface area (Å²) in [6.07, 6.45) is 4.25. The summed E-state index contributed by atoms with van der Waals surface area (Å²) in [5.74, 6) is 0.358. The Morgan fingerprint density at radius 2 is 1.97 bits per heavy atom. The van der Waals surface area contributed by atoms with Gasteiger partial charge in [-0.3, -0.25) is 9.29 Å². The van der Waals surface area contributed by atoms with Crippen molar-refractivity contribution >= 4 is 40.1 Å². The summed E-state index contributed by atoms with van der Waals surface area (Å²) in [5.41, 5.74) is 0.730. The number of anilines is 2. The zero-order chi connectivity index (χ0) is 25.1. The van der Waals surface area contributed by atoms with Crippen LogP contribution in [-0.2, 0) is 31.1 Å². The summed E-state index contributed by atoms with van der Waals surface area (Å²) >= 11 is 0. The second-order valence-electron chi connectivity index (χ2n) is 9.91. The van der Waals surface area contributed by atoms with E-state index in [1.165, 1.54) is 32.1 Å². The van der Waals surface area contributed by atoms with Crippen LogP contribution >= 0.6 is 7.52 Å². The summed E-state index contributed by atoms with van der Waals surface area (Å²) in [7, 11) is -6.14. The van der Waals surface area contributed by atoms with Crippen LogP contribution in [0.4, 0.5) is 11.4 Å². The molecule has 2 aromatic rings. The zero-order valence-electron chi connectivity index (χ0n) is 19.9. The first-order valence-corrected chi connectivity index (χ1v) is 14.5. The molecular weight excluding hydrogens is 479 g/mol. The number of sulfonamides is 1. The number of benzene rings is 1. The number of rotatable bonds is 7. The van der Waals surface area contributed by atoms with Crippen molar-refractivity contribution in [2.24, 2.45) is 10.7 Å². The van der Waals surface area contributed by atoms with Gasteiger partial charge < -0.3 is 24.6 Å². The van der Waals surface area contributed by atoms with Gasteiger partial charge in [-0.2, -0.15) is 4.76 Å². The standard InChI is InChI=1S/C22H31N4O6PS/c1-22(2,3)19-18(27)17(21(28)26(19)11-10-13-6-7-13)20-23-15-9-8-14(25-34(5,30)31)12-16(15)33(29,24-20)32-4/h8-9,12-13,25,27-28H,6-7,10-11H2,1-5H3,(H,23,24,29). The lowest BCUT2D eigenvalue weighted by Gasteiger charge is -2.24. The highest BCUT2D eigenvalue weighted by Crippen LogP contribution is 2.53. The normalized spacial score (nSPS) is 20.4. The molecule has 4 N–H and O–H groups in total. The quantitative estimate of drug-likeness (QED) is 0.416. The largest absolute Gasteiger partial charge is 0.505 e. The van der Waals surface area contributed by atoms with Gasteiger partial charge in [0.15, 0.2) is 11.6 Å². The number of hydrogen-bond acceptors (Lipinski definition) is 7. The van der Waals surface area contributed by atoms with Gasteiger partial charge in [-0.05, 0) is 30.5 Å². The maximum absolute atomic E-state index is 13.7. The third-order valence-electron chi connectivity index (χ3n) is 5.95. The third kappa shape index (κ3) is 4.69. The molecule has 1 unspecified atom stereocenters. The van der Waals surface area contributed by atoms with E-state index in [2.05, 4.69) is 14.8 Å². The fourth-order valence-corrected chi connectivity index (χ4v) is 6.34. The van der Waals surface area contributed by atoms with Crippen LogP contribution in [-0.4, -0.2) is 42.4 Å². The lowest BCUT2D eigenvalue weighted by atomic mass is 9.91. The Hall–Kier alpha value is -2.49. The molecule has 1 fully saturated rings. The Bertz CT molecular complexity index is 1320. The van der Waals surface area contributed by atoms with Crippen LogP contribution in [0.1, 0.15) is 51.3 Å². The molecule has 2 aliphatic rings. The fraction of sp³-hybridized carbons (Fsp3) is 0.500. The molecule has 1 aromatic heterocycles. The number of aromatic hydroxyl groups is 2. The second kappa shape index (κ2) is 8.32. The van der Waals surface area contributed by atoms with Crippen molar-refractivity contribution in [3.05, 3.63) is 29.5 Å². The van der Waals surface area contributed by atoms with E-state index in [4.69, 9.17) is 4.52 Å². The number of amidine groups is 1. The minimum Gasteiger partial charge on any atom is -0.505 e. The van der Waals surface area contributed by atoms with E-state index in [-0.39, 0.29) is 34.0 Å². The lowest BCUT2D eigenvalue weighted by molar-refractivity contribution is 0.384. The summed E-state index contributed by atoms with van der Waals surface area (Å²) in [6, 6.07) is 4.46. The van der Waals surface area contributed by atoms with E-state index in [9.17, 15) is 23.2 Å². The Kier molecular flexibility index (Phi) is 6.03. The van der Waals surface area contributed by atoms with Crippen LogP contribution in [0.5, 0.6) is 11.6 Å². The average Bonchev–Trinajstić information content (AvgIpc) is 3.49. The van der Waals surface area contributed by atoms with E-state index in [1.54, 1.807) is 10.6 Å². The van der Waals surface area contributed by atoms with E-state index in [1.807, 2.05) is 20.8 Å². The smallest absolute Gasteiger partial charge is 0.348 e. The molecule has 0 spiro atoms. The van der Waals surface area contributed by atoms with Crippen LogP contribution < -0.4 is 15.3 Å². The highest BCUT2D eigenvalue weighted by Gasteiger charge is 2.38. The molecule has 0 radical (unpaired) electrons. The van der Waals surface area contributed by atoms with Gasteiger partial charge in [0.1, 0.15) is 5.56 Å². The van der Waals surface area contributed by atoms with Gasteiger partial charge in [-0.1, -0.05) is 33.6 Å². The van der Waals surface area contributed by atoms with Crippen molar-refractivity contribution in [2.45, 2.75) is 52.0 Å². The van der Waals surface area contributed by atoms with Crippen LogP contribution in [0.25, 0.3) is 0 Å². The zero-order valence-corrected chi connectivity index (χ0v) is 21.6. The maximum atomic E-state index is 13.7. The van der Waals surface area contributed by atoms with Gasteiger partial charge in [0.2, 0.25) is 15.9 Å². The first-order valence-electron chi connectivity index (χ1n) is 11.0. The Morgan fingerprint density at radius 3 is 2.53 bits per heavy atom. The molecule has 1 aliphatic carbocycles. The highest BCUT2D eigenvalue weighted by atomic mass is 32.2. The molecule has 0 bridgehead atoms. The van der Waals surface area contributed by atoms with Crippen LogP contribution in [0.3, 0.4) is 0 Å². The van der Waals surface area contributed by atoms with Gasteiger partial charge in [-0.15, -0.1) is 0 Å². The maximum Gasteiger partial charge on any atom is 0.348 e. The molecule has 12 heteroatoms. The van der Waals surface area contributed by atoms with Gasteiger partial charge in [-0.25, -0.2) is 8.42 Å². The number of nitrogens with zero attached hydrogens (tertiary/aromatic N) is 2. The van der Waals surface area contributed by atoms with Crippen molar-refractivity contribution in [1.29, 1.82) is 0 Å². The van der Waals surface area contributed by atoms with Crippen LogP contribution in [0, 0.1) is 5.92 Å². The highest BCUT2D eigenvalue weighted by molar-refractivity contribution is 7.92. The van der Waals surface area contributed by atoms with Crippen molar-refractivity contribution in [3.8, 4) is 11.6 Å². The summed E-state index contributed by atoms with van der Waals surface area (Å²) in [5, 5.41) is 25.6. The van der Waals surface area contributed by atoms with E-state index in [0.29, 0.717) is 23.8 Å². The summed E-state index contributed by atoms with van der Waals surface area (Å²) < 4.78 is 50.5. The first-order chi connectivity index (χ1) is 15.7. The first kappa shape index (κ1) is 24.6. The number of fused-ring (bicyclic) bond motifs is 1. The van der Waals surface area contributed by atoms with E-state index in [0.717, 1.165) is 12.7 Å². The molecule has 0 amide bonds. The van der Waals surface area contributed by atoms with Crippen LogP contribution in [0.15, 0.2) is 23.0 Å². The lowest BCUT2D eigenvalue weighted by Crippen LogP contribution is -2.26. The molecule has 1 aliphatic heterocycles. The topological polar surface area (TPSA) is 142 Å². The fourth-order valence-electron chi connectivity index (χ4n) is 4.25. The van der Waals surface area contributed by atoms with Gasteiger partial charge >= 0.3 is 7.52 Å². The van der Waals surface area contributed by atoms with Gasteiger partial charge in [0.25, 0.3) is 0 Å². The van der Waals surface area contributed by atoms with E-state index < -0.39 is 23.0 Å². The van der Waals surface area contributed by atoms with Crippen molar-refractivity contribution in [3.63, 3.8) is 0 Å². The Balaban J connectivity index is 1.82. The molecular formula is C22H31N4O6PS. The predicted molar refractivity (Wildman–Crippen MR) is 133 cm³/mol. The number of nitrogens with one attached hydrogen (secondary N) is 2. The summed E-state index contributed by atoms with van der Waals surface area (Å²) in [6.45, 7) is 6.38. The molecule has 4 rings (SSSR count). The molecule has 186 valence electrons. The number of hydrogen-bond donors (Lipinski definition) is 4. The molecule has 1 aromatic carbocycles. The van der Waals surface area contributed by atoms with Gasteiger partial charge in [0.05, 0.1) is 22.9 Å². The molecule has 34 heavy (non-hydrogen) atoms. The minimum atomic E-state index is -3.85.